The second-order valence-corrected chi connectivity index (χ2v) is 7.53. The Hall–Kier alpha value is -3.65. The van der Waals surface area contributed by atoms with Crippen molar-refractivity contribution in [2.75, 3.05) is 5.32 Å². The summed E-state index contributed by atoms with van der Waals surface area (Å²) in [6.45, 7) is 1.68. The summed E-state index contributed by atoms with van der Waals surface area (Å²) in [5, 5.41) is 3.95. The van der Waals surface area contributed by atoms with Gasteiger partial charge < -0.3 is 5.32 Å². The van der Waals surface area contributed by atoms with Crippen LogP contribution in [0.5, 0.6) is 0 Å². The van der Waals surface area contributed by atoms with Crippen LogP contribution >= 0.6 is 11.3 Å². The van der Waals surface area contributed by atoms with E-state index in [1.54, 1.807) is 19.1 Å². The molecule has 0 saturated heterocycles. The standard InChI is InChI=1S/C21H14FN5OS/c1-12-7-8-14(9-15(12)22)27-11-25-17-16-19(26-13-5-3-2-4-6-13)23-10-24-20(16)29-18(17)21(27)28/h2-11H,1H3,(H,23,24,26). The van der Waals surface area contributed by atoms with Crippen LogP contribution in [0.15, 0.2) is 66.0 Å². The zero-order chi connectivity index (χ0) is 20.0. The number of fused-ring (bicyclic) bond motifs is 3. The van der Waals surface area contributed by atoms with Crippen LogP contribution < -0.4 is 10.9 Å². The Labute approximate surface area is 168 Å². The molecule has 0 aliphatic rings. The van der Waals surface area contributed by atoms with E-state index >= 15 is 0 Å². The number of rotatable bonds is 3. The third-order valence-corrected chi connectivity index (χ3v) is 5.72. The number of nitrogens with zero attached hydrogens (tertiary/aromatic N) is 4. The Balaban J connectivity index is 1.71. The number of aryl methyl sites for hydroxylation is 1. The van der Waals surface area contributed by atoms with Gasteiger partial charge in [-0.3, -0.25) is 9.36 Å². The molecule has 8 heteroatoms. The van der Waals surface area contributed by atoms with Crippen molar-refractivity contribution >= 4 is 43.3 Å². The molecule has 0 amide bonds. The van der Waals surface area contributed by atoms with Crippen LogP contribution in [0.1, 0.15) is 5.56 Å². The second kappa shape index (κ2) is 6.75. The Morgan fingerprint density at radius 3 is 2.69 bits per heavy atom. The van der Waals surface area contributed by atoms with E-state index in [0.717, 1.165) is 5.69 Å². The molecule has 0 fully saturated rings. The third-order valence-electron chi connectivity index (χ3n) is 4.65. The maximum atomic E-state index is 14.0. The lowest BCUT2D eigenvalue weighted by Crippen LogP contribution is -2.18. The molecule has 142 valence electrons. The van der Waals surface area contributed by atoms with E-state index in [2.05, 4.69) is 20.3 Å². The Morgan fingerprint density at radius 1 is 1.07 bits per heavy atom. The van der Waals surface area contributed by atoms with Gasteiger partial charge in [-0.1, -0.05) is 24.3 Å². The summed E-state index contributed by atoms with van der Waals surface area (Å²) in [6.07, 6.45) is 2.87. The van der Waals surface area contributed by atoms with Crippen LogP contribution in [0.2, 0.25) is 0 Å². The number of nitrogens with one attached hydrogen (secondary N) is 1. The van der Waals surface area contributed by atoms with Gasteiger partial charge in [0, 0.05) is 5.69 Å². The lowest BCUT2D eigenvalue weighted by Gasteiger charge is -2.07. The highest BCUT2D eigenvalue weighted by Gasteiger charge is 2.17. The fourth-order valence-electron chi connectivity index (χ4n) is 3.13. The first-order chi connectivity index (χ1) is 14.1. The molecule has 0 aliphatic heterocycles. The van der Waals surface area contributed by atoms with Gasteiger partial charge in [0.25, 0.3) is 5.56 Å². The van der Waals surface area contributed by atoms with E-state index in [0.29, 0.717) is 37.5 Å². The zero-order valence-corrected chi connectivity index (χ0v) is 16.1. The highest BCUT2D eigenvalue weighted by molar-refractivity contribution is 7.25. The Morgan fingerprint density at radius 2 is 1.90 bits per heavy atom. The van der Waals surface area contributed by atoms with Crippen LogP contribution in [0, 0.1) is 12.7 Å². The van der Waals surface area contributed by atoms with Gasteiger partial charge in [0.05, 0.1) is 11.1 Å². The monoisotopic (exact) mass is 403 g/mol. The summed E-state index contributed by atoms with van der Waals surface area (Å²) < 4.78 is 15.8. The summed E-state index contributed by atoms with van der Waals surface area (Å²) >= 11 is 1.25. The topological polar surface area (TPSA) is 72.7 Å². The first kappa shape index (κ1) is 17.4. The van der Waals surface area contributed by atoms with Crippen molar-refractivity contribution in [2.24, 2.45) is 0 Å². The normalized spacial score (nSPS) is 11.2. The van der Waals surface area contributed by atoms with Crippen molar-refractivity contribution in [1.82, 2.24) is 19.5 Å². The van der Waals surface area contributed by atoms with Gasteiger partial charge in [-0.15, -0.1) is 11.3 Å². The second-order valence-electron chi connectivity index (χ2n) is 6.53. The number of aromatic nitrogens is 4. The van der Waals surface area contributed by atoms with Crippen molar-refractivity contribution in [3.63, 3.8) is 0 Å². The molecule has 0 aliphatic carbocycles. The SMILES string of the molecule is Cc1ccc(-n2cnc3c(sc4ncnc(Nc5ccccc5)c43)c2=O)cc1F. The molecule has 0 atom stereocenters. The number of para-hydroxylation sites is 1. The van der Waals surface area contributed by atoms with Crippen LogP contribution in [0.3, 0.4) is 0 Å². The van der Waals surface area contributed by atoms with Gasteiger partial charge in [-0.25, -0.2) is 19.3 Å². The fraction of sp³-hybridized carbons (Fsp3) is 0.0476. The van der Waals surface area contributed by atoms with Crippen molar-refractivity contribution < 1.29 is 4.39 Å². The molecule has 1 N–H and O–H groups in total. The van der Waals surface area contributed by atoms with E-state index in [-0.39, 0.29) is 11.4 Å². The first-order valence-electron chi connectivity index (χ1n) is 8.85. The van der Waals surface area contributed by atoms with E-state index in [1.165, 1.54) is 34.6 Å². The van der Waals surface area contributed by atoms with Gasteiger partial charge in [-0.05, 0) is 36.8 Å². The quantitative estimate of drug-likeness (QED) is 0.477. The molecule has 0 saturated carbocycles. The number of anilines is 2. The molecule has 29 heavy (non-hydrogen) atoms. The fourth-order valence-corrected chi connectivity index (χ4v) is 4.16. The molecule has 3 aromatic heterocycles. The summed E-state index contributed by atoms with van der Waals surface area (Å²) in [5.41, 5.74) is 2.07. The maximum absolute atomic E-state index is 14.0. The Bertz CT molecular complexity index is 1430. The van der Waals surface area contributed by atoms with Crippen LogP contribution in [-0.2, 0) is 0 Å². The molecule has 5 aromatic rings. The minimum Gasteiger partial charge on any atom is -0.340 e. The lowest BCUT2D eigenvalue weighted by atomic mass is 10.2. The highest BCUT2D eigenvalue weighted by Crippen LogP contribution is 2.34. The van der Waals surface area contributed by atoms with Crippen molar-refractivity contribution in [3.05, 3.63) is 82.9 Å². The number of hydrogen-bond donors (Lipinski definition) is 1. The van der Waals surface area contributed by atoms with Crippen molar-refractivity contribution in [3.8, 4) is 5.69 Å². The summed E-state index contributed by atoms with van der Waals surface area (Å²) in [5.74, 6) is 0.213. The average Bonchev–Trinajstić information content (AvgIpc) is 3.12. The van der Waals surface area contributed by atoms with Crippen molar-refractivity contribution in [1.29, 1.82) is 0 Å². The maximum Gasteiger partial charge on any atom is 0.275 e. The molecule has 0 bridgehead atoms. The van der Waals surface area contributed by atoms with Gasteiger partial charge in [0.2, 0.25) is 0 Å². The third kappa shape index (κ3) is 2.94. The van der Waals surface area contributed by atoms with E-state index in [1.807, 2.05) is 30.3 Å². The molecule has 0 spiro atoms. The molecular weight excluding hydrogens is 389 g/mol. The molecule has 2 aromatic carbocycles. The highest BCUT2D eigenvalue weighted by atomic mass is 32.1. The zero-order valence-electron chi connectivity index (χ0n) is 15.3. The summed E-state index contributed by atoms with van der Waals surface area (Å²) in [7, 11) is 0. The first-order valence-corrected chi connectivity index (χ1v) is 9.67. The molecule has 5 rings (SSSR count). The van der Waals surface area contributed by atoms with Gasteiger partial charge >= 0.3 is 0 Å². The number of thiophene rings is 1. The van der Waals surface area contributed by atoms with Crippen molar-refractivity contribution in [2.45, 2.75) is 6.92 Å². The average molecular weight is 403 g/mol. The van der Waals surface area contributed by atoms with E-state index in [4.69, 9.17) is 0 Å². The minimum atomic E-state index is -0.369. The predicted octanol–water partition coefficient (Wildman–Crippen LogP) is 4.58. The molecule has 3 heterocycles. The number of halogens is 1. The van der Waals surface area contributed by atoms with Gasteiger partial charge in [0.1, 0.15) is 39.3 Å². The van der Waals surface area contributed by atoms with Crippen LogP contribution in [-0.4, -0.2) is 19.5 Å². The van der Waals surface area contributed by atoms with Gasteiger partial charge in [0.15, 0.2) is 0 Å². The van der Waals surface area contributed by atoms with E-state index < -0.39 is 0 Å². The molecule has 0 radical (unpaired) electrons. The van der Waals surface area contributed by atoms with E-state index in [9.17, 15) is 9.18 Å². The number of hydrogen-bond acceptors (Lipinski definition) is 6. The molecule has 6 nitrogen and oxygen atoms in total. The van der Waals surface area contributed by atoms with Crippen LogP contribution in [0.25, 0.3) is 26.1 Å². The smallest absolute Gasteiger partial charge is 0.275 e. The van der Waals surface area contributed by atoms with Crippen LogP contribution in [0.4, 0.5) is 15.9 Å². The lowest BCUT2D eigenvalue weighted by molar-refractivity contribution is 0.617. The minimum absolute atomic E-state index is 0.271. The summed E-state index contributed by atoms with van der Waals surface area (Å²) in [6, 6.07) is 14.3. The largest absolute Gasteiger partial charge is 0.340 e. The predicted molar refractivity (Wildman–Crippen MR) is 113 cm³/mol. The molecular formula is C21H14FN5OS. The van der Waals surface area contributed by atoms with Gasteiger partial charge in [-0.2, -0.15) is 0 Å². The molecule has 0 unspecified atom stereocenters. The summed E-state index contributed by atoms with van der Waals surface area (Å²) in [4.78, 5) is 26.9. The Kier molecular flexibility index (Phi) is 4.06. The number of benzene rings is 2.